The van der Waals surface area contributed by atoms with E-state index >= 15 is 0 Å². The van der Waals surface area contributed by atoms with Gasteiger partial charge in [-0.25, -0.2) is 4.98 Å². The molecule has 24 heavy (non-hydrogen) atoms. The fourth-order valence-corrected chi connectivity index (χ4v) is 2.40. The number of nitrogens with two attached hydrogens (primary N) is 1. The molecule has 0 saturated carbocycles. The fraction of sp³-hybridized carbons (Fsp3) is 0.188. The highest BCUT2D eigenvalue weighted by Gasteiger charge is 2.31. The third kappa shape index (κ3) is 2.74. The zero-order valence-corrected chi connectivity index (χ0v) is 12.8. The highest BCUT2D eigenvalue weighted by Crippen LogP contribution is 2.32. The van der Waals surface area contributed by atoms with Crippen LogP contribution in [0.4, 0.5) is 5.82 Å². The molecule has 1 aromatic carbocycles. The van der Waals surface area contributed by atoms with Crippen LogP contribution in [0, 0.1) is 11.3 Å². The van der Waals surface area contributed by atoms with Crippen LogP contribution in [0.25, 0.3) is 0 Å². The second-order valence-electron chi connectivity index (χ2n) is 5.19. The first-order valence-corrected chi connectivity index (χ1v) is 7.07. The minimum absolute atomic E-state index is 0.129. The number of amides is 1. The summed E-state index contributed by atoms with van der Waals surface area (Å²) in [6.07, 6.45) is 1.60. The van der Waals surface area contributed by atoms with Crippen molar-refractivity contribution in [3.63, 3.8) is 0 Å². The smallest absolute Gasteiger partial charge is 0.269 e. The molecule has 8 heteroatoms. The van der Waals surface area contributed by atoms with Gasteiger partial charge in [-0.2, -0.15) is 10.3 Å². The van der Waals surface area contributed by atoms with Crippen LogP contribution < -0.4 is 20.3 Å². The molecule has 2 aromatic rings. The van der Waals surface area contributed by atoms with E-state index in [1.807, 2.05) is 6.07 Å². The molecule has 122 valence electrons. The number of rotatable bonds is 3. The number of nitrogens with zero attached hydrogens (tertiary/aromatic N) is 3. The second kappa shape index (κ2) is 6.16. The van der Waals surface area contributed by atoms with E-state index in [4.69, 9.17) is 15.2 Å². The zero-order valence-electron chi connectivity index (χ0n) is 12.8. The Morgan fingerprint density at radius 1 is 1.42 bits per heavy atom. The Balaban J connectivity index is 1.92. The molecule has 1 aliphatic heterocycles. The van der Waals surface area contributed by atoms with Crippen LogP contribution in [0.1, 0.15) is 11.1 Å². The van der Waals surface area contributed by atoms with Gasteiger partial charge in [0.15, 0.2) is 5.82 Å². The molecule has 0 fully saturated rings. The summed E-state index contributed by atoms with van der Waals surface area (Å²) >= 11 is 0. The number of nitriles is 1. The van der Waals surface area contributed by atoms with E-state index in [1.165, 1.54) is 13.3 Å². The Morgan fingerprint density at radius 2 is 2.21 bits per heavy atom. The first-order valence-electron chi connectivity index (χ1n) is 7.07. The van der Waals surface area contributed by atoms with E-state index in [2.05, 4.69) is 4.98 Å². The van der Waals surface area contributed by atoms with Crippen molar-refractivity contribution in [3.8, 4) is 23.3 Å². The standard InChI is InChI=1S/C16H14N4O4/c1-23-11-2-3-14(10(5-11)7-17)24-12-4-9-6-13(18)16(21)20(22)15(9)19-8-12/h2-5,8,13,22H,6,18H2,1H3/t13-/m0/s1. The van der Waals surface area contributed by atoms with Crippen LogP contribution in [0.3, 0.4) is 0 Å². The molecule has 1 atom stereocenters. The second-order valence-corrected chi connectivity index (χ2v) is 5.19. The summed E-state index contributed by atoms with van der Waals surface area (Å²) in [4.78, 5) is 15.7. The van der Waals surface area contributed by atoms with Crippen molar-refractivity contribution in [3.05, 3.63) is 41.6 Å². The SMILES string of the molecule is COc1ccc(Oc2cnc3c(c2)C[C@H](N)C(=O)N3O)c(C#N)c1. The summed E-state index contributed by atoms with van der Waals surface area (Å²) < 4.78 is 10.8. The number of anilines is 1. The van der Waals surface area contributed by atoms with E-state index < -0.39 is 11.9 Å². The third-order valence-electron chi connectivity index (χ3n) is 3.62. The van der Waals surface area contributed by atoms with Gasteiger partial charge in [0.1, 0.15) is 23.3 Å². The van der Waals surface area contributed by atoms with Gasteiger partial charge in [0.2, 0.25) is 0 Å². The van der Waals surface area contributed by atoms with E-state index in [9.17, 15) is 15.3 Å². The number of pyridine rings is 1. The normalized spacial score (nSPS) is 16.3. The zero-order chi connectivity index (χ0) is 17.3. The van der Waals surface area contributed by atoms with Crippen molar-refractivity contribution >= 4 is 11.7 Å². The number of hydroxylamine groups is 1. The summed E-state index contributed by atoms with van der Waals surface area (Å²) in [5, 5.41) is 19.4. The van der Waals surface area contributed by atoms with Crippen LogP contribution in [0.2, 0.25) is 0 Å². The van der Waals surface area contributed by atoms with Gasteiger partial charge in [0, 0.05) is 18.1 Å². The van der Waals surface area contributed by atoms with Crippen LogP contribution in [0.15, 0.2) is 30.5 Å². The number of fused-ring (bicyclic) bond motifs is 1. The highest BCUT2D eigenvalue weighted by atomic mass is 16.5. The highest BCUT2D eigenvalue weighted by molar-refractivity contribution is 5.97. The number of carbonyl (C=O) groups is 1. The number of ether oxygens (including phenoxy) is 2. The largest absolute Gasteiger partial charge is 0.497 e. The van der Waals surface area contributed by atoms with E-state index in [-0.39, 0.29) is 12.2 Å². The molecule has 0 radical (unpaired) electrons. The summed E-state index contributed by atoms with van der Waals surface area (Å²) in [5.41, 5.74) is 6.57. The van der Waals surface area contributed by atoms with Crippen LogP contribution in [-0.2, 0) is 11.2 Å². The molecule has 1 aliphatic rings. The van der Waals surface area contributed by atoms with Gasteiger partial charge in [-0.15, -0.1) is 0 Å². The first kappa shape index (κ1) is 15.7. The summed E-state index contributed by atoms with van der Waals surface area (Å²) in [6, 6.07) is 7.67. The Kier molecular flexibility index (Phi) is 4.04. The molecule has 1 aromatic heterocycles. The van der Waals surface area contributed by atoms with Crippen LogP contribution in [0.5, 0.6) is 17.2 Å². The van der Waals surface area contributed by atoms with Gasteiger partial charge in [0.05, 0.1) is 24.9 Å². The Bertz CT molecular complexity index is 846. The molecule has 8 nitrogen and oxygen atoms in total. The topological polar surface area (TPSA) is 122 Å². The maximum Gasteiger partial charge on any atom is 0.269 e. The lowest BCUT2D eigenvalue weighted by Crippen LogP contribution is -2.47. The lowest BCUT2D eigenvalue weighted by Gasteiger charge is -2.26. The van der Waals surface area contributed by atoms with Gasteiger partial charge in [-0.3, -0.25) is 10.0 Å². The third-order valence-corrected chi connectivity index (χ3v) is 3.62. The van der Waals surface area contributed by atoms with Gasteiger partial charge >= 0.3 is 0 Å². The monoisotopic (exact) mass is 326 g/mol. The van der Waals surface area contributed by atoms with Crippen LogP contribution in [-0.4, -0.2) is 29.3 Å². The van der Waals surface area contributed by atoms with E-state index in [0.717, 1.165) is 0 Å². The predicted octanol–water partition coefficient (Wildman–Crippen LogP) is 1.36. The predicted molar refractivity (Wildman–Crippen MR) is 83.0 cm³/mol. The Labute approximate surface area is 137 Å². The first-order chi connectivity index (χ1) is 11.5. The molecule has 3 rings (SSSR count). The van der Waals surface area contributed by atoms with Crippen molar-refractivity contribution < 1.29 is 19.5 Å². The summed E-state index contributed by atoms with van der Waals surface area (Å²) in [5.74, 6) is 0.778. The quantitative estimate of drug-likeness (QED) is 0.817. The van der Waals surface area contributed by atoms with Crippen molar-refractivity contribution in [1.82, 2.24) is 4.98 Å². The number of aromatic nitrogens is 1. The molecule has 3 N–H and O–H groups in total. The molecular formula is C16H14N4O4. The Hall–Kier alpha value is -3.15. The molecule has 2 heterocycles. The van der Waals surface area contributed by atoms with Gasteiger partial charge in [0.25, 0.3) is 5.91 Å². The molecule has 0 unspecified atom stereocenters. The molecule has 0 saturated heterocycles. The summed E-state index contributed by atoms with van der Waals surface area (Å²) in [7, 11) is 1.51. The minimum Gasteiger partial charge on any atom is -0.497 e. The molecule has 0 bridgehead atoms. The fourth-order valence-electron chi connectivity index (χ4n) is 2.40. The lowest BCUT2D eigenvalue weighted by atomic mass is 10.0. The number of hydrogen-bond donors (Lipinski definition) is 2. The van der Waals surface area contributed by atoms with Gasteiger partial charge in [-0.05, 0) is 18.2 Å². The Morgan fingerprint density at radius 3 is 2.92 bits per heavy atom. The van der Waals surface area contributed by atoms with E-state index in [0.29, 0.717) is 33.4 Å². The molecule has 0 spiro atoms. The lowest BCUT2D eigenvalue weighted by molar-refractivity contribution is -0.125. The number of methoxy groups -OCH3 is 1. The van der Waals surface area contributed by atoms with Crippen molar-refractivity contribution in [2.24, 2.45) is 5.73 Å². The van der Waals surface area contributed by atoms with Gasteiger partial charge < -0.3 is 15.2 Å². The average Bonchev–Trinajstić information content (AvgIpc) is 2.60. The van der Waals surface area contributed by atoms with E-state index in [1.54, 1.807) is 24.3 Å². The van der Waals surface area contributed by atoms with Gasteiger partial charge in [-0.1, -0.05) is 0 Å². The minimum atomic E-state index is -0.838. The average molecular weight is 326 g/mol. The summed E-state index contributed by atoms with van der Waals surface area (Å²) in [6.45, 7) is 0. The number of carbonyl (C=O) groups excluding carboxylic acids is 1. The number of benzene rings is 1. The number of hydrogen-bond acceptors (Lipinski definition) is 7. The molecule has 1 amide bonds. The van der Waals surface area contributed by atoms with Crippen molar-refractivity contribution in [2.45, 2.75) is 12.5 Å². The molecular weight excluding hydrogens is 312 g/mol. The maximum atomic E-state index is 11.6. The molecule has 0 aliphatic carbocycles. The van der Waals surface area contributed by atoms with Crippen molar-refractivity contribution in [2.75, 3.05) is 12.2 Å². The van der Waals surface area contributed by atoms with Crippen molar-refractivity contribution in [1.29, 1.82) is 5.26 Å². The van der Waals surface area contributed by atoms with Crippen LogP contribution >= 0.6 is 0 Å². The maximum absolute atomic E-state index is 11.6.